The Kier molecular flexibility index (Phi) is 15.5. The van der Waals surface area contributed by atoms with Gasteiger partial charge in [0.05, 0.1) is 48.7 Å². The van der Waals surface area contributed by atoms with Crippen molar-refractivity contribution in [3.05, 3.63) is 41.5 Å². The van der Waals surface area contributed by atoms with Crippen molar-refractivity contribution in [3.8, 4) is 0 Å². The van der Waals surface area contributed by atoms with Gasteiger partial charge in [-0.3, -0.25) is 9.59 Å². The first-order valence-electron chi connectivity index (χ1n) is 22.9. The minimum atomic E-state index is -1.14. The van der Waals surface area contributed by atoms with Crippen molar-refractivity contribution in [2.45, 2.75) is 165 Å². The number of allylic oxidation sites excluding steroid dienone is 2. The monoisotopic (exact) mass is 876 g/mol. The van der Waals surface area contributed by atoms with E-state index in [1.807, 2.05) is 40.9 Å². The van der Waals surface area contributed by atoms with Gasteiger partial charge in [-0.25, -0.2) is 8.78 Å². The van der Waals surface area contributed by atoms with Gasteiger partial charge < -0.3 is 53.2 Å². The van der Waals surface area contributed by atoms with Crippen LogP contribution in [0, 0.1) is 47.1 Å². The average Bonchev–Trinajstić information content (AvgIpc) is 3.82. The van der Waals surface area contributed by atoms with Crippen molar-refractivity contribution < 1.29 is 61.4 Å². The van der Waals surface area contributed by atoms with Crippen LogP contribution in [0.3, 0.4) is 0 Å². The molecule has 13 nitrogen and oxygen atoms in total. The van der Waals surface area contributed by atoms with Crippen molar-refractivity contribution >= 4 is 17.4 Å². The fourth-order valence-corrected chi connectivity index (χ4v) is 12.0. The molecule has 348 valence electrons. The minimum Gasteiger partial charge on any atom is -0.462 e. The quantitative estimate of drug-likeness (QED) is 0.250. The zero-order chi connectivity index (χ0) is 44.6. The minimum absolute atomic E-state index is 0.0466. The number of anilines is 1. The van der Waals surface area contributed by atoms with E-state index in [4.69, 9.17) is 37.9 Å². The molecule has 0 aromatic heterocycles. The van der Waals surface area contributed by atoms with Crippen LogP contribution >= 0.6 is 0 Å². The zero-order valence-corrected chi connectivity index (χ0v) is 37.9. The highest BCUT2D eigenvalue weighted by Crippen LogP contribution is 2.57. The van der Waals surface area contributed by atoms with Crippen molar-refractivity contribution in [2.75, 3.05) is 40.7 Å². The smallest absolute Gasteiger partial charge is 0.306 e. The van der Waals surface area contributed by atoms with Crippen molar-refractivity contribution in [1.29, 1.82) is 0 Å². The lowest BCUT2D eigenvalue weighted by Crippen LogP contribution is -2.59. The number of rotatable bonds is 11. The molecule has 3 saturated heterocycles. The number of aliphatic hydroxyl groups excluding tert-OH is 1. The molecule has 62 heavy (non-hydrogen) atoms. The molecule has 2 N–H and O–H groups in total. The molecule has 3 aliphatic heterocycles. The summed E-state index contributed by atoms with van der Waals surface area (Å²) < 4.78 is 79.3. The number of ketones is 1. The molecule has 1 aromatic rings. The number of carbonyl (C=O) groups excluding carboxylic acids is 2. The van der Waals surface area contributed by atoms with Crippen LogP contribution in [0.2, 0.25) is 0 Å². The van der Waals surface area contributed by atoms with Gasteiger partial charge in [0.2, 0.25) is 0 Å². The number of Topliss-reactive ketones (excluding diaryl/α,β-unsaturated/α-hetero) is 1. The summed E-state index contributed by atoms with van der Waals surface area (Å²) in [4.78, 5) is 31.1. The Bertz CT molecular complexity index is 1740. The van der Waals surface area contributed by atoms with Crippen LogP contribution in [0.5, 0.6) is 0 Å². The highest BCUT2D eigenvalue weighted by atomic mass is 19.1. The predicted molar refractivity (Wildman–Crippen MR) is 225 cm³/mol. The van der Waals surface area contributed by atoms with E-state index in [-0.39, 0.29) is 66.1 Å². The SMILES string of the molecule is CC[C@H]1CCC[C@H](OC2CC[C@H](N(C)C)C(C)O2)[C@@H](C)C(=O)C2=C[C@H]3[C@@H]4C[C@H](O[C@@H]5OC(C)[C@H](OC)C(OC)C5OC)C[C@H]4[C@H](Nc4ccc(F)cc4F)[C@@H](O)[C@H]3[C@@H]2CC(=O)O1. The van der Waals surface area contributed by atoms with Gasteiger partial charge in [0.15, 0.2) is 18.4 Å². The molecule has 3 heterocycles. The van der Waals surface area contributed by atoms with Gasteiger partial charge in [-0.2, -0.15) is 0 Å². The maximum absolute atomic E-state index is 15.4. The lowest BCUT2D eigenvalue weighted by molar-refractivity contribution is -0.314. The summed E-state index contributed by atoms with van der Waals surface area (Å²) in [5, 5.41) is 15.9. The predicted octanol–water partition coefficient (Wildman–Crippen LogP) is 6.05. The molecule has 2 saturated carbocycles. The summed E-state index contributed by atoms with van der Waals surface area (Å²) in [5.41, 5.74) is 0.538. The van der Waals surface area contributed by atoms with Gasteiger partial charge in [-0.15, -0.1) is 0 Å². The first-order valence-corrected chi connectivity index (χ1v) is 22.9. The third kappa shape index (κ3) is 9.67. The van der Waals surface area contributed by atoms with Crippen LogP contribution in [-0.2, 0) is 47.5 Å². The second kappa shape index (κ2) is 20.3. The average molecular weight is 877 g/mol. The molecule has 5 fully saturated rings. The molecule has 5 unspecified atom stereocenters. The number of halogens is 2. The van der Waals surface area contributed by atoms with E-state index in [2.05, 4.69) is 17.1 Å². The lowest BCUT2D eigenvalue weighted by atomic mass is 9.62. The molecule has 6 aliphatic rings. The first-order chi connectivity index (χ1) is 29.7. The Morgan fingerprint density at radius 3 is 2.27 bits per heavy atom. The van der Waals surface area contributed by atoms with Crippen LogP contribution in [0.15, 0.2) is 29.8 Å². The van der Waals surface area contributed by atoms with Gasteiger partial charge in [0.1, 0.15) is 36.1 Å². The topological polar surface area (TPSA) is 143 Å². The van der Waals surface area contributed by atoms with Gasteiger partial charge >= 0.3 is 5.97 Å². The van der Waals surface area contributed by atoms with Gasteiger partial charge in [0, 0.05) is 51.2 Å². The summed E-state index contributed by atoms with van der Waals surface area (Å²) in [6.45, 7) is 7.85. The number of carbonyl (C=O) groups is 2. The number of likely N-dealkylation sites (N-methyl/N-ethyl adjacent to an activating group) is 1. The van der Waals surface area contributed by atoms with E-state index in [1.54, 1.807) is 21.3 Å². The second-order valence-electron chi connectivity index (χ2n) is 18.9. The molecule has 19 atom stereocenters. The Morgan fingerprint density at radius 1 is 0.887 bits per heavy atom. The van der Waals surface area contributed by atoms with Crippen LogP contribution < -0.4 is 5.32 Å². The number of methoxy groups -OCH3 is 3. The third-order valence-electron chi connectivity index (χ3n) is 15.1. The summed E-state index contributed by atoms with van der Waals surface area (Å²) in [6, 6.07) is 2.84. The number of ether oxygens (including phenoxy) is 8. The Hall–Kier alpha value is -2.60. The number of hydrogen-bond acceptors (Lipinski definition) is 13. The number of aliphatic hydroxyl groups is 1. The summed E-state index contributed by atoms with van der Waals surface area (Å²) >= 11 is 0. The van der Waals surface area contributed by atoms with Crippen LogP contribution in [0.25, 0.3) is 0 Å². The lowest BCUT2D eigenvalue weighted by Gasteiger charge is -2.47. The van der Waals surface area contributed by atoms with Crippen molar-refractivity contribution in [2.24, 2.45) is 35.5 Å². The van der Waals surface area contributed by atoms with Crippen LogP contribution in [-0.4, -0.2) is 137 Å². The van der Waals surface area contributed by atoms with Gasteiger partial charge in [-0.05, 0) is 115 Å². The molecule has 0 spiro atoms. The number of fused-ring (bicyclic) bond motifs is 5. The third-order valence-corrected chi connectivity index (χ3v) is 15.1. The molecule has 0 radical (unpaired) electrons. The number of nitrogens with zero attached hydrogens (tertiary/aromatic N) is 1. The Morgan fingerprint density at radius 2 is 1.61 bits per heavy atom. The summed E-state index contributed by atoms with van der Waals surface area (Å²) in [5.74, 6) is -4.66. The van der Waals surface area contributed by atoms with Gasteiger partial charge in [-0.1, -0.05) is 19.9 Å². The largest absolute Gasteiger partial charge is 0.462 e. The van der Waals surface area contributed by atoms with E-state index >= 15 is 9.18 Å². The highest BCUT2D eigenvalue weighted by Gasteiger charge is 2.60. The fraction of sp³-hybridized carbons (Fsp3) is 0.787. The van der Waals surface area contributed by atoms with E-state index in [0.29, 0.717) is 50.5 Å². The molecular weight excluding hydrogens is 807 g/mol. The number of nitrogens with one attached hydrogen (secondary N) is 1. The summed E-state index contributed by atoms with van der Waals surface area (Å²) in [7, 11) is 8.86. The van der Waals surface area contributed by atoms with Gasteiger partial charge in [0.25, 0.3) is 0 Å². The Labute approximate surface area is 365 Å². The van der Waals surface area contributed by atoms with E-state index in [0.717, 1.165) is 12.5 Å². The molecule has 15 heteroatoms. The molecule has 0 bridgehead atoms. The maximum atomic E-state index is 15.4. The zero-order valence-electron chi connectivity index (χ0n) is 37.9. The number of benzene rings is 1. The molecular formula is C47H70F2N2O11. The van der Waals surface area contributed by atoms with Crippen LogP contribution in [0.1, 0.15) is 85.5 Å². The van der Waals surface area contributed by atoms with E-state index < -0.39 is 84.5 Å². The maximum Gasteiger partial charge on any atom is 0.306 e. The molecule has 3 aliphatic carbocycles. The van der Waals surface area contributed by atoms with E-state index in [1.165, 1.54) is 12.1 Å². The van der Waals surface area contributed by atoms with Crippen molar-refractivity contribution in [1.82, 2.24) is 4.90 Å². The molecule has 0 amide bonds. The highest BCUT2D eigenvalue weighted by molar-refractivity contribution is 5.99. The van der Waals surface area contributed by atoms with Crippen molar-refractivity contribution in [3.63, 3.8) is 0 Å². The standard InChI is InChI=1S/C47H70F2N2O11/c1-10-27-12-11-13-37(62-39-17-16-36(51(5)6)24(3)58-39)23(2)42(53)33-21-30-29-19-28(61-47-46(57-9)45(56-8)44(55-7)25(4)59-47)20-32(29)41(50-35-15-14-26(48)18-34(35)49)43(54)40(30)31(33)22-38(52)60-27/h14-15,18,21,23-25,27-32,36-37,39-41,43-47,50,54H,10-13,16-17,19-20,22H2,1-9H3/t23-,24?,25?,27+,28+,29+,30+,31-,32-,36+,37+,39?,40-,41+,43+,44+,45?,46?,47+/m1/s1. The summed E-state index contributed by atoms with van der Waals surface area (Å²) in [6.07, 6.45) is 1.57. The molecule has 7 rings (SSSR count). The second-order valence-corrected chi connectivity index (χ2v) is 18.9. The number of hydrogen-bond donors (Lipinski definition) is 2. The normalized spacial score (nSPS) is 42.9. The van der Waals surface area contributed by atoms with E-state index in [9.17, 15) is 14.3 Å². The first kappa shape index (κ1) is 47.4. The molecule has 1 aromatic carbocycles. The number of esters is 1. The Balaban J connectivity index is 1.21. The van der Waals surface area contributed by atoms with Crippen LogP contribution in [0.4, 0.5) is 14.5 Å². The number of cyclic esters (lactones) is 1. The fourth-order valence-electron chi connectivity index (χ4n) is 12.0.